The minimum atomic E-state index is -0.474. The van der Waals surface area contributed by atoms with Gasteiger partial charge >= 0.3 is 0 Å². The molecule has 2 nitrogen and oxygen atoms in total. The molecule has 0 unspecified atom stereocenters. The summed E-state index contributed by atoms with van der Waals surface area (Å²) in [5.41, 5.74) is 0.553. The predicted octanol–water partition coefficient (Wildman–Crippen LogP) is 2.98. The average molecular weight is 207 g/mol. The van der Waals surface area contributed by atoms with Gasteiger partial charge in [0.1, 0.15) is 0 Å². The first-order valence-electron chi connectivity index (χ1n) is 4.34. The monoisotopic (exact) mass is 207 g/mol. The van der Waals surface area contributed by atoms with Crippen LogP contribution in [0.15, 0.2) is 34.2 Å². The van der Waals surface area contributed by atoms with Crippen molar-refractivity contribution in [1.82, 2.24) is 0 Å². The molecule has 0 fully saturated rings. The number of isocyanates is 1. The molecule has 0 saturated carbocycles. The van der Waals surface area contributed by atoms with Crippen LogP contribution in [0, 0.1) is 0 Å². The minimum Gasteiger partial charge on any atom is -0.211 e. The van der Waals surface area contributed by atoms with Crippen molar-refractivity contribution >= 4 is 17.8 Å². The van der Waals surface area contributed by atoms with Gasteiger partial charge in [-0.1, -0.05) is 12.1 Å². The molecule has 3 heteroatoms. The number of hydrogen-bond donors (Lipinski definition) is 0. The highest BCUT2D eigenvalue weighted by molar-refractivity contribution is 7.98. The molecule has 0 radical (unpaired) electrons. The first-order chi connectivity index (χ1) is 6.60. The quantitative estimate of drug-likeness (QED) is 0.433. The number of benzene rings is 1. The Morgan fingerprint density at radius 3 is 2.29 bits per heavy atom. The molecule has 0 spiro atoms. The van der Waals surface area contributed by atoms with E-state index in [1.54, 1.807) is 17.8 Å². The van der Waals surface area contributed by atoms with Crippen LogP contribution in [0.2, 0.25) is 0 Å². The van der Waals surface area contributed by atoms with Crippen LogP contribution in [0.25, 0.3) is 0 Å². The molecule has 0 saturated heterocycles. The van der Waals surface area contributed by atoms with Gasteiger partial charge in [0.25, 0.3) is 0 Å². The van der Waals surface area contributed by atoms with E-state index in [4.69, 9.17) is 0 Å². The van der Waals surface area contributed by atoms with E-state index in [1.165, 1.54) is 4.90 Å². The van der Waals surface area contributed by atoms with Gasteiger partial charge in [0, 0.05) is 4.90 Å². The Kier molecular flexibility index (Phi) is 3.50. The van der Waals surface area contributed by atoms with Crippen LogP contribution in [0.4, 0.5) is 0 Å². The Balaban J connectivity index is 3.02. The highest BCUT2D eigenvalue weighted by atomic mass is 32.2. The predicted molar refractivity (Wildman–Crippen MR) is 59.4 cm³/mol. The van der Waals surface area contributed by atoms with Crippen molar-refractivity contribution in [2.45, 2.75) is 24.3 Å². The largest absolute Gasteiger partial charge is 0.235 e. The van der Waals surface area contributed by atoms with E-state index in [0.29, 0.717) is 0 Å². The summed E-state index contributed by atoms with van der Waals surface area (Å²) in [5, 5.41) is 0. The third kappa shape index (κ3) is 2.47. The van der Waals surface area contributed by atoms with E-state index in [-0.39, 0.29) is 0 Å². The molecular formula is C11H13NOS. The lowest BCUT2D eigenvalue weighted by Crippen LogP contribution is -2.12. The second kappa shape index (κ2) is 4.45. The Hall–Kier alpha value is -1.05. The molecule has 14 heavy (non-hydrogen) atoms. The number of rotatable bonds is 3. The van der Waals surface area contributed by atoms with Crippen LogP contribution in [-0.2, 0) is 10.3 Å². The van der Waals surface area contributed by atoms with Crippen LogP contribution < -0.4 is 0 Å². The smallest absolute Gasteiger partial charge is 0.211 e. The van der Waals surface area contributed by atoms with E-state index >= 15 is 0 Å². The van der Waals surface area contributed by atoms with E-state index in [1.807, 2.05) is 44.4 Å². The summed E-state index contributed by atoms with van der Waals surface area (Å²) in [7, 11) is 0. The number of nitrogens with zero attached hydrogens (tertiary/aromatic N) is 1. The molecule has 0 aliphatic heterocycles. The Labute approximate surface area is 88.4 Å². The molecule has 0 heterocycles. The molecule has 0 aromatic heterocycles. The third-order valence-electron chi connectivity index (χ3n) is 2.12. The molecule has 0 aliphatic carbocycles. The molecule has 1 rings (SSSR count). The molecule has 0 bridgehead atoms. The van der Waals surface area contributed by atoms with Crippen molar-refractivity contribution in [3.63, 3.8) is 0 Å². The van der Waals surface area contributed by atoms with Crippen molar-refractivity contribution in [2.75, 3.05) is 6.26 Å². The second-order valence-electron chi connectivity index (χ2n) is 3.49. The number of thioether (sulfide) groups is 1. The third-order valence-corrected chi connectivity index (χ3v) is 2.87. The van der Waals surface area contributed by atoms with Gasteiger partial charge in [-0.15, -0.1) is 11.8 Å². The number of hydrogen-bond acceptors (Lipinski definition) is 3. The van der Waals surface area contributed by atoms with Crippen molar-refractivity contribution in [2.24, 2.45) is 4.99 Å². The zero-order valence-electron chi connectivity index (χ0n) is 8.57. The lowest BCUT2D eigenvalue weighted by Gasteiger charge is -2.17. The number of carbonyl (C=O) groups excluding carboxylic acids is 1. The van der Waals surface area contributed by atoms with E-state index in [9.17, 15) is 4.79 Å². The standard InChI is InChI=1S/C11H13NOS/c1-11(2,12-8-13)9-4-6-10(14-3)7-5-9/h4-7H,1-3H3. The Bertz CT molecular complexity index is 350. The van der Waals surface area contributed by atoms with Crippen molar-refractivity contribution in [1.29, 1.82) is 0 Å². The Morgan fingerprint density at radius 1 is 1.29 bits per heavy atom. The summed E-state index contributed by atoms with van der Waals surface area (Å²) < 4.78 is 0. The zero-order chi connectivity index (χ0) is 10.6. The molecule has 0 atom stereocenters. The van der Waals surface area contributed by atoms with Crippen LogP contribution in [-0.4, -0.2) is 12.3 Å². The zero-order valence-corrected chi connectivity index (χ0v) is 9.39. The van der Waals surface area contributed by atoms with Gasteiger partial charge in [0.15, 0.2) is 0 Å². The summed E-state index contributed by atoms with van der Waals surface area (Å²) in [6.07, 6.45) is 3.64. The highest BCUT2D eigenvalue weighted by Crippen LogP contribution is 2.26. The second-order valence-corrected chi connectivity index (χ2v) is 4.37. The fourth-order valence-electron chi connectivity index (χ4n) is 1.18. The van der Waals surface area contributed by atoms with Crippen LogP contribution >= 0.6 is 11.8 Å². The maximum atomic E-state index is 10.2. The van der Waals surface area contributed by atoms with Gasteiger partial charge in [-0.3, -0.25) is 0 Å². The van der Waals surface area contributed by atoms with Crippen molar-refractivity contribution in [3.05, 3.63) is 29.8 Å². The van der Waals surface area contributed by atoms with Gasteiger partial charge in [-0.2, -0.15) is 4.99 Å². The molecule has 1 aromatic carbocycles. The summed E-state index contributed by atoms with van der Waals surface area (Å²) in [5.74, 6) is 0. The van der Waals surface area contributed by atoms with Gasteiger partial charge in [-0.25, -0.2) is 4.79 Å². The molecule has 1 aromatic rings. The normalized spacial score (nSPS) is 10.8. The van der Waals surface area contributed by atoms with Crippen molar-refractivity contribution in [3.8, 4) is 0 Å². The molecule has 0 amide bonds. The SMILES string of the molecule is CSc1ccc(C(C)(C)N=C=O)cc1. The molecule has 74 valence electrons. The summed E-state index contributed by atoms with van der Waals surface area (Å²) >= 11 is 1.69. The summed E-state index contributed by atoms with van der Waals surface area (Å²) in [6.45, 7) is 3.79. The highest BCUT2D eigenvalue weighted by Gasteiger charge is 2.18. The van der Waals surface area contributed by atoms with Gasteiger partial charge in [0.2, 0.25) is 6.08 Å². The fraction of sp³-hybridized carbons (Fsp3) is 0.364. The van der Waals surface area contributed by atoms with E-state index in [0.717, 1.165) is 5.56 Å². The van der Waals surface area contributed by atoms with Gasteiger partial charge < -0.3 is 0 Å². The van der Waals surface area contributed by atoms with Gasteiger partial charge in [0.05, 0.1) is 5.54 Å². The maximum Gasteiger partial charge on any atom is 0.235 e. The summed E-state index contributed by atoms with van der Waals surface area (Å²) in [4.78, 5) is 15.2. The minimum absolute atomic E-state index is 0.474. The summed E-state index contributed by atoms with van der Waals surface area (Å²) in [6, 6.07) is 8.05. The van der Waals surface area contributed by atoms with Crippen LogP contribution in [0.1, 0.15) is 19.4 Å². The van der Waals surface area contributed by atoms with Crippen LogP contribution in [0.5, 0.6) is 0 Å². The van der Waals surface area contributed by atoms with Crippen molar-refractivity contribution < 1.29 is 4.79 Å². The first-order valence-corrected chi connectivity index (χ1v) is 5.56. The van der Waals surface area contributed by atoms with Gasteiger partial charge in [-0.05, 0) is 37.8 Å². The lowest BCUT2D eigenvalue weighted by molar-refractivity contribution is 0.522. The van der Waals surface area contributed by atoms with Crippen LogP contribution in [0.3, 0.4) is 0 Å². The topological polar surface area (TPSA) is 29.4 Å². The lowest BCUT2D eigenvalue weighted by atomic mass is 9.95. The molecule has 0 N–H and O–H groups in total. The maximum absolute atomic E-state index is 10.2. The number of aliphatic imine (C=N–C) groups is 1. The van der Waals surface area contributed by atoms with E-state index < -0.39 is 5.54 Å². The first kappa shape index (κ1) is 11.0. The molecular weight excluding hydrogens is 194 g/mol. The Morgan fingerprint density at radius 2 is 1.86 bits per heavy atom. The van der Waals surface area contributed by atoms with E-state index in [2.05, 4.69) is 4.99 Å². The molecule has 0 aliphatic rings. The fourth-order valence-corrected chi connectivity index (χ4v) is 1.59. The average Bonchev–Trinajstić information content (AvgIpc) is 2.18.